The normalized spacial score (nSPS) is 24.9. The molecule has 4 heteroatoms. The molecule has 2 aromatic carbocycles. The molecule has 4 rings (SSSR count). The van der Waals surface area contributed by atoms with Gasteiger partial charge in [-0.05, 0) is 44.5 Å². The van der Waals surface area contributed by atoms with Crippen LogP contribution in [0.15, 0.2) is 54.6 Å². The van der Waals surface area contributed by atoms with Crippen LogP contribution in [-0.2, 0) is 10.2 Å². The number of anilines is 1. The Labute approximate surface area is 175 Å². The number of para-hydroxylation sites is 1. The lowest BCUT2D eigenvalue weighted by molar-refractivity contribution is -0.121. The zero-order chi connectivity index (χ0) is 20.6. The van der Waals surface area contributed by atoms with Gasteiger partial charge < -0.3 is 9.80 Å². The summed E-state index contributed by atoms with van der Waals surface area (Å²) in [6, 6.07) is 19.2. The summed E-state index contributed by atoms with van der Waals surface area (Å²) in [6.45, 7) is 11.2. The molecule has 4 nitrogen and oxygen atoms in total. The Kier molecular flexibility index (Phi) is 5.26. The van der Waals surface area contributed by atoms with Crippen LogP contribution in [0.3, 0.4) is 0 Å². The maximum atomic E-state index is 13.5. The van der Waals surface area contributed by atoms with Crippen LogP contribution >= 0.6 is 0 Å². The average molecular weight is 392 g/mol. The molecule has 1 saturated heterocycles. The Bertz CT molecular complexity index is 871. The Morgan fingerprint density at radius 2 is 1.52 bits per heavy atom. The molecule has 0 N–H and O–H groups in total. The quantitative estimate of drug-likeness (QED) is 0.797. The topological polar surface area (TPSA) is 26.8 Å². The fourth-order valence-electron chi connectivity index (χ4n) is 5.30. The second-order valence-electron chi connectivity index (χ2n) is 9.51. The van der Waals surface area contributed by atoms with Crippen LogP contribution in [0, 0.1) is 0 Å². The summed E-state index contributed by atoms with van der Waals surface area (Å²) in [5.74, 6) is 0.210. The second kappa shape index (κ2) is 7.58. The first-order valence-corrected chi connectivity index (χ1v) is 10.7. The Morgan fingerprint density at radius 1 is 0.897 bits per heavy atom. The predicted octanol–water partition coefficient (Wildman–Crippen LogP) is 3.76. The number of fused-ring (bicyclic) bond motifs is 1. The fourth-order valence-corrected chi connectivity index (χ4v) is 5.30. The average Bonchev–Trinajstić information content (AvgIpc) is 2.70. The third-order valence-electron chi connectivity index (χ3n) is 6.75. The number of carbonyl (C=O) groups excluding carboxylic acids is 1. The number of amides is 1. The van der Waals surface area contributed by atoms with Gasteiger partial charge in [-0.2, -0.15) is 0 Å². The van der Waals surface area contributed by atoms with E-state index in [1.165, 1.54) is 11.1 Å². The summed E-state index contributed by atoms with van der Waals surface area (Å²) in [4.78, 5) is 20.2. The van der Waals surface area contributed by atoms with Crippen LogP contribution in [0.25, 0.3) is 0 Å². The van der Waals surface area contributed by atoms with Gasteiger partial charge in [0, 0.05) is 42.8 Å². The second-order valence-corrected chi connectivity index (χ2v) is 9.51. The molecule has 0 aliphatic carbocycles. The van der Waals surface area contributed by atoms with Crippen molar-refractivity contribution in [1.29, 1.82) is 0 Å². The molecule has 2 aliphatic rings. The molecule has 0 radical (unpaired) electrons. The molecule has 1 fully saturated rings. The van der Waals surface area contributed by atoms with Gasteiger partial charge in [-0.25, -0.2) is 0 Å². The Hall–Kier alpha value is -2.17. The maximum absolute atomic E-state index is 13.5. The van der Waals surface area contributed by atoms with E-state index in [1.54, 1.807) is 0 Å². The lowest BCUT2D eigenvalue weighted by atomic mass is 9.65. The van der Waals surface area contributed by atoms with Crippen molar-refractivity contribution in [3.05, 3.63) is 65.7 Å². The van der Waals surface area contributed by atoms with Crippen molar-refractivity contribution in [1.82, 2.24) is 9.80 Å². The van der Waals surface area contributed by atoms with Crippen LogP contribution in [0.5, 0.6) is 0 Å². The van der Waals surface area contributed by atoms with Gasteiger partial charge in [-0.1, -0.05) is 55.5 Å². The highest BCUT2D eigenvalue weighted by atomic mass is 16.2. The predicted molar refractivity (Wildman–Crippen MR) is 119 cm³/mol. The third kappa shape index (κ3) is 3.72. The number of hydrogen-bond donors (Lipinski definition) is 0. The van der Waals surface area contributed by atoms with E-state index in [9.17, 15) is 4.79 Å². The van der Waals surface area contributed by atoms with Crippen LogP contribution in [0.1, 0.15) is 38.3 Å². The maximum Gasteiger partial charge on any atom is 0.241 e. The van der Waals surface area contributed by atoms with E-state index >= 15 is 0 Å². The highest BCUT2D eigenvalue weighted by Crippen LogP contribution is 2.50. The van der Waals surface area contributed by atoms with Crippen molar-refractivity contribution in [3.63, 3.8) is 0 Å². The standard InChI is InChI=1S/C25H33N3O/c1-24(2)19-25(3,20-10-6-5-7-11-20)21-12-8-9-13-22(21)28(24)23(29)18-27-16-14-26(4)15-17-27/h5-13H,14-19H2,1-4H3/t25-/m1/s1. The molecule has 2 heterocycles. The van der Waals surface area contributed by atoms with Gasteiger partial charge in [0.05, 0.1) is 6.54 Å². The van der Waals surface area contributed by atoms with Crippen molar-refractivity contribution < 1.29 is 4.79 Å². The van der Waals surface area contributed by atoms with Gasteiger partial charge in [0.25, 0.3) is 0 Å². The molecule has 2 aliphatic heterocycles. The number of benzene rings is 2. The first-order valence-electron chi connectivity index (χ1n) is 10.7. The van der Waals surface area contributed by atoms with E-state index in [-0.39, 0.29) is 16.9 Å². The molecule has 1 atom stereocenters. The van der Waals surface area contributed by atoms with Gasteiger partial charge in [-0.15, -0.1) is 0 Å². The summed E-state index contributed by atoms with van der Waals surface area (Å²) in [7, 11) is 2.15. The van der Waals surface area contributed by atoms with Gasteiger partial charge in [0.1, 0.15) is 0 Å². The molecule has 0 aromatic heterocycles. The van der Waals surface area contributed by atoms with E-state index < -0.39 is 0 Å². The molecular formula is C25H33N3O. The fraction of sp³-hybridized carbons (Fsp3) is 0.480. The zero-order valence-corrected chi connectivity index (χ0v) is 18.2. The first-order chi connectivity index (χ1) is 13.8. The number of carbonyl (C=O) groups is 1. The Morgan fingerprint density at radius 3 is 2.21 bits per heavy atom. The van der Waals surface area contributed by atoms with Gasteiger partial charge in [-0.3, -0.25) is 9.69 Å². The first kappa shape index (κ1) is 20.1. The summed E-state index contributed by atoms with van der Waals surface area (Å²) in [6.07, 6.45) is 0.898. The van der Waals surface area contributed by atoms with Crippen molar-refractivity contribution in [2.24, 2.45) is 0 Å². The Balaban J connectivity index is 1.70. The molecule has 1 amide bonds. The largest absolute Gasteiger partial charge is 0.305 e. The number of nitrogens with zero attached hydrogens (tertiary/aromatic N) is 3. The summed E-state index contributed by atoms with van der Waals surface area (Å²) in [5, 5.41) is 0. The summed E-state index contributed by atoms with van der Waals surface area (Å²) < 4.78 is 0. The summed E-state index contributed by atoms with van der Waals surface area (Å²) >= 11 is 0. The smallest absolute Gasteiger partial charge is 0.241 e. The summed E-state index contributed by atoms with van der Waals surface area (Å²) in [5.41, 5.74) is 3.24. The van der Waals surface area contributed by atoms with E-state index in [1.807, 2.05) is 0 Å². The minimum atomic E-state index is -0.261. The van der Waals surface area contributed by atoms with E-state index in [4.69, 9.17) is 0 Å². The minimum Gasteiger partial charge on any atom is -0.305 e. The molecular weight excluding hydrogens is 358 g/mol. The van der Waals surface area contributed by atoms with Crippen LogP contribution < -0.4 is 4.90 Å². The SMILES string of the molecule is CN1CCN(CC(=O)N2c3ccccc3[C@@](C)(c3ccccc3)CC2(C)C)CC1. The molecule has 0 unspecified atom stereocenters. The lowest BCUT2D eigenvalue weighted by Gasteiger charge is -2.51. The minimum absolute atomic E-state index is 0.119. The van der Waals surface area contributed by atoms with Gasteiger partial charge in [0.15, 0.2) is 0 Å². The van der Waals surface area contributed by atoms with Crippen LogP contribution in [0.2, 0.25) is 0 Å². The molecule has 0 bridgehead atoms. The van der Waals surface area contributed by atoms with E-state index in [0.717, 1.165) is 38.3 Å². The van der Waals surface area contributed by atoms with Gasteiger partial charge in [0.2, 0.25) is 5.91 Å². The lowest BCUT2D eigenvalue weighted by Crippen LogP contribution is -2.58. The van der Waals surface area contributed by atoms with Gasteiger partial charge >= 0.3 is 0 Å². The number of rotatable bonds is 3. The van der Waals surface area contributed by atoms with Crippen molar-refractivity contribution >= 4 is 11.6 Å². The van der Waals surface area contributed by atoms with Crippen LogP contribution in [0.4, 0.5) is 5.69 Å². The molecule has 0 spiro atoms. The molecule has 29 heavy (non-hydrogen) atoms. The highest BCUT2D eigenvalue weighted by molar-refractivity contribution is 5.98. The third-order valence-corrected chi connectivity index (χ3v) is 6.75. The van der Waals surface area contributed by atoms with Crippen molar-refractivity contribution in [3.8, 4) is 0 Å². The molecule has 154 valence electrons. The van der Waals surface area contributed by atoms with Crippen molar-refractivity contribution in [2.45, 2.75) is 38.1 Å². The monoisotopic (exact) mass is 391 g/mol. The van der Waals surface area contributed by atoms with Crippen LogP contribution in [-0.4, -0.2) is 61.0 Å². The molecule has 2 aromatic rings. The number of hydrogen-bond acceptors (Lipinski definition) is 3. The number of piperazine rings is 1. The highest BCUT2D eigenvalue weighted by Gasteiger charge is 2.47. The zero-order valence-electron chi connectivity index (χ0n) is 18.2. The van der Waals surface area contributed by atoms with E-state index in [0.29, 0.717) is 6.54 Å². The number of likely N-dealkylation sites (N-methyl/N-ethyl adjacent to an activating group) is 1. The molecule has 0 saturated carbocycles. The van der Waals surface area contributed by atoms with Crippen molar-refractivity contribution in [2.75, 3.05) is 44.7 Å². The van der Waals surface area contributed by atoms with E-state index in [2.05, 4.69) is 97.1 Å².